The Labute approximate surface area is 118 Å². The van der Waals surface area contributed by atoms with E-state index in [4.69, 9.17) is 4.74 Å². The molecule has 1 saturated heterocycles. The van der Waals surface area contributed by atoms with Gasteiger partial charge < -0.3 is 9.64 Å². The molecule has 1 aliphatic rings. The smallest absolute Gasteiger partial charge is 0.241 e. The number of rotatable bonds is 6. The number of unbranched alkanes of at least 4 members (excludes halogenated alkanes) is 1. The number of methoxy groups -OCH3 is 1. The maximum atomic E-state index is 13.0. The fourth-order valence-electron chi connectivity index (χ4n) is 2.46. The first-order chi connectivity index (χ1) is 9.63. The fraction of sp³-hybridized carbons (Fsp3) is 0.533. The van der Waals surface area contributed by atoms with Crippen molar-refractivity contribution in [2.24, 2.45) is 0 Å². The van der Waals surface area contributed by atoms with Crippen molar-refractivity contribution in [3.63, 3.8) is 0 Å². The van der Waals surface area contributed by atoms with Crippen LogP contribution in [0.3, 0.4) is 0 Å². The van der Waals surface area contributed by atoms with Crippen LogP contribution in [-0.4, -0.2) is 37.1 Å². The number of nitrogens with one attached hydrogen (secondary N) is 1. The highest BCUT2D eigenvalue weighted by molar-refractivity contribution is 5.84. The number of hydrogen-bond donors (Lipinski definition) is 1. The van der Waals surface area contributed by atoms with Crippen LogP contribution in [0.1, 0.15) is 31.5 Å². The third-order valence-corrected chi connectivity index (χ3v) is 3.56. The van der Waals surface area contributed by atoms with Gasteiger partial charge in [-0.1, -0.05) is 12.1 Å². The molecule has 1 amide bonds. The Balaban J connectivity index is 2.05. The summed E-state index contributed by atoms with van der Waals surface area (Å²) in [4.78, 5) is 14.0. The van der Waals surface area contributed by atoms with E-state index in [9.17, 15) is 9.18 Å². The van der Waals surface area contributed by atoms with Gasteiger partial charge in [-0.05, 0) is 37.5 Å². The Morgan fingerprint density at radius 3 is 2.65 bits per heavy atom. The number of ether oxygens (including phenoxy) is 1. The van der Waals surface area contributed by atoms with E-state index in [1.54, 1.807) is 19.2 Å². The number of hydrogen-bond acceptors (Lipinski definition) is 3. The van der Waals surface area contributed by atoms with E-state index in [1.807, 2.05) is 11.8 Å². The minimum Gasteiger partial charge on any atom is -0.385 e. The highest BCUT2D eigenvalue weighted by Crippen LogP contribution is 2.25. The number of amides is 1. The lowest BCUT2D eigenvalue weighted by molar-refractivity contribution is -0.129. The highest BCUT2D eigenvalue weighted by atomic mass is 19.1. The molecule has 0 bridgehead atoms. The summed E-state index contributed by atoms with van der Waals surface area (Å²) in [5.41, 5.74) is 0.913. The first-order valence-electron chi connectivity index (χ1n) is 6.94. The van der Waals surface area contributed by atoms with E-state index in [1.165, 1.54) is 12.1 Å². The molecule has 0 aromatic heterocycles. The SMILES string of the molecule is COCCCCN1C(=O)C(C)NC1c1ccc(F)cc1. The van der Waals surface area contributed by atoms with Crippen LogP contribution in [0, 0.1) is 5.82 Å². The van der Waals surface area contributed by atoms with Crippen molar-refractivity contribution in [3.05, 3.63) is 35.6 Å². The van der Waals surface area contributed by atoms with Gasteiger partial charge in [0.1, 0.15) is 12.0 Å². The zero-order chi connectivity index (χ0) is 14.5. The van der Waals surface area contributed by atoms with Crippen molar-refractivity contribution in [2.75, 3.05) is 20.3 Å². The molecule has 0 radical (unpaired) electrons. The van der Waals surface area contributed by atoms with Gasteiger partial charge in [-0.15, -0.1) is 0 Å². The predicted molar refractivity (Wildman–Crippen MR) is 74.6 cm³/mol. The fourth-order valence-corrected chi connectivity index (χ4v) is 2.46. The minimum atomic E-state index is -0.266. The molecule has 5 heteroatoms. The van der Waals surface area contributed by atoms with Crippen molar-refractivity contribution in [3.8, 4) is 0 Å². The number of halogens is 1. The minimum absolute atomic E-state index is 0.0942. The molecule has 2 atom stereocenters. The zero-order valence-corrected chi connectivity index (χ0v) is 11.9. The monoisotopic (exact) mass is 280 g/mol. The van der Waals surface area contributed by atoms with Crippen LogP contribution in [0.2, 0.25) is 0 Å². The van der Waals surface area contributed by atoms with Crippen molar-refractivity contribution in [2.45, 2.75) is 32.0 Å². The van der Waals surface area contributed by atoms with E-state index < -0.39 is 0 Å². The van der Waals surface area contributed by atoms with E-state index >= 15 is 0 Å². The van der Waals surface area contributed by atoms with E-state index in [0.717, 1.165) is 18.4 Å². The van der Waals surface area contributed by atoms with Gasteiger partial charge in [0.15, 0.2) is 0 Å². The largest absolute Gasteiger partial charge is 0.385 e. The molecule has 110 valence electrons. The topological polar surface area (TPSA) is 41.6 Å². The molecule has 1 aromatic rings. The Morgan fingerprint density at radius 2 is 2.00 bits per heavy atom. The summed E-state index contributed by atoms with van der Waals surface area (Å²) in [6.45, 7) is 3.24. The molecular formula is C15H21FN2O2. The second-order valence-corrected chi connectivity index (χ2v) is 5.07. The second-order valence-electron chi connectivity index (χ2n) is 5.07. The van der Waals surface area contributed by atoms with Gasteiger partial charge in [0.25, 0.3) is 0 Å². The van der Waals surface area contributed by atoms with Crippen LogP contribution in [0.4, 0.5) is 4.39 Å². The lowest BCUT2D eigenvalue weighted by Crippen LogP contribution is -2.31. The van der Waals surface area contributed by atoms with Crippen molar-refractivity contribution >= 4 is 5.91 Å². The summed E-state index contributed by atoms with van der Waals surface area (Å²) in [7, 11) is 1.67. The molecule has 1 fully saturated rings. The van der Waals surface area contributed by atoms with Crippen LogP contribution in [0.5, 0.6) is 0 Å². The summed E-state index contributed by atoms with van der Waals surface area (Å²) in [6, 6.07) is 6.09. The van der Waals surface area contributed by atoms with Gasteiger partial charge in [0, 0.05) is 20.3 Å². The van der Waals surface area contributed by atoms with Crippen LogP contribution < -0.4 is 5.32 Å². The Kier molecular flexibility index (Phi) is 5.09. The average Bonchev–Trinajstić information content (AvgIpc) is 2.72. The summed E-state index contributed by atoms with van der Waals surface area (Å²) in [5, 5.41) is 3.25. The molecular weight excluding hydrogens is 259 g/mol. The van der Waals surface area contributed by atoms with Gasteiger partial charge in [0.05, 0.1) is 6.04 Å². The second kappa shape index (κ2) is 6.81. The third kappa shape index (κ3) is 3.35. The first-order valence-corrected chi connectivity index (χ1v) is 6.94. The van der Waals surface area contributed by atoms with E-state index in [-0.39, 0.29) is 23.9 Å². The van der Waals surface area contributed by atoms with Crippen LogP contribution in [-0.2, 0) is 9.53 Å². The Hall–Kier alpha value is -1.46. The molecule has 0 aliphatic carbocycles. The number of benzene rings is 1. The standard InChI is InChI=1S/C15H21FN2O2/c1-11-15(19)18(9-3-4-10-20-2)14(17-11)12-5-7-13(16)8-6-12/h5-8,11,14,17H,3-4,9-10H2,1-2H3. The molecule has 1 aromatic carbocycles. The van der Waals surface area contributed by atoms with Gasteiger partial charge >= 0.3 is 0 Å². The maximum Gasteiger partial charge on any atom is 0.241 e. The molecule has 0 spiro atoms. The molecule has 0 saturated carbocycles. The normalized spacial score (nSPS) is 22.6. The van der Waals surface area contributed by atoms with Gasteiger partial charge in [-0.3, -0.25) is 10.1 Å². The average molecular weight is 280 g/mol. The molecule has 20 heavy (non-hydrogen) atoms. The molecule has 4 nitrogen and oxygen atoms in total. The van der Waals surface area contributed by atoms with Gasteiger partial charge in [-0.2, -0.15) is 0 Å². The maximum absolute atomic E-state index is 13.0. The lowest BCUT2D eigenvalue weighted by Gasteiger charge is -2.24. The third-order valence-electron chi connectivity index (χ3n) is 3.56. The van der Waals surface area contributed by atoms with Crippen molar-refractivity contribution in [1.29, 1.82) is 0 Å². The highest BCUT2D eigenvalue weighted by Gasteiger charge is 2.36. The number of carbonyl (C=O) groups excluding carboxylic acids is 1. The van der Waals surface area contributed by atoms with Gasteiger partial charge in [-0.25, -0.2) is 4.39 Å². The summed E-state index contributed by atoms with van der Waals surface area (Å²) in [6.07, 6.45) is 1.65. The molecule has 1 aliphatic heterocycles. The van der Waals surface area contributed by atoms with Crippen molar-refractivity contribution < 1.29 is 13.9 Å². The lowest BCUT2D eigenvalue weighted by atomic mass is 10.1. The molecule has 2 unspecified atom stereocenters. The molecule has 1 heterocycles. The van der Waals surface area contributed by atoms with Crippen LogP contribution in [0.25, 0.3) is 0 Å². The Morgan fingerprint density at radius 1 is 1.30 bits per heavy atom. The quantitative estimate of drug-likeness (QED) is 0.811. The van der Waals surface area contributed by atoms with E-state index in [2.05, 4.69) is 5.32 Å². The van der Waals surface area contributed by atoms with E-state index in [0.29, 0.717) is 13.2 Å². The van der Waals surface area contributed by atoms with Crippen molar-refractivity contribution in [1.82, 2.24) is 10.2 Å². The summed E-state index contributed by atoms with van der Waals surface area (Å²) < 4.78 is 18.0. The molecule has 2 rings (SSSR count). The van der Waals surface area contributed by atoms with Gasteiger partial charge in [0.2, 0.25) is 5.91 Å². The molecule has 1 N–H and O–H groups in total. The number of carbonyl (C=O) groups is 1. The zero-order valence-electron chi connectivity index (χ0n) is 11.9. The number of nitrogens with zero attached hydrogens (tertiary/aromatic N) is 1. The summed E-state index contributed by atoms with van der Waals surface area (Å²) >= 11 is 0. The first kappa shape index (κ1) is 14.9. The predicted octanol–water partition coefficient (Wildman–Crippen LogP) is 2.07. The van der Waals surface area contributed by atoms with Crippen LogP contribution >= 0.6 is 0 Å². The van der Waals surface area contributed by atoms with Crippen LogP contribution in [0.15, 0.2) is 24.3 Å². The Bertz CT molecular complexity index is 450. The summed E-state index contributed by atoms with van der Waals surface area (Å²) in [5.74, 6) is -0.172.